The van der Waals surface area contributed by atoms with Crippen LogP contribution in [0.2, 0.25) is 0 Å². The quantitative estimate of drug-likeness (QED) is 0.502. The van der Waals surface area contributed by atoms with Crippen LogP contribution in [-0.2, 0) is 9.59 Å². The van der Waals surface area contributed by atoms with E-state index in [0.717, 1.165) is 13.0 Å². The third-order valence-corrected chi connectivity index (χ3v) is 2.76. The molecule has 0 unspecified atom stereocenters. The molecule has 0 aromatic heterocycles. The minimum Gasteiger partial charge on any atom is -0.320 e. The van der Waals surface area contributed by atoms with E-state index in [9.17, 15) is 9.59 Å². The highest BCUT2D eigenvalue weighted by Gasteiger charge is 2.25. The molecule has 0 radical (unpaired) electrons. The van der Waals surface area contributed by atoms with Crippen LogP contribution in [0.15, 0.2) is 0 Å². The molecule has 5 heteroatoms. The number of thioether (sulfide) groups is 1. The average molecular weight is 202 g/mol. The molecule has 0 bridgehead atoms. The molecule has 1 aliphatic rings. The van der Waals surface area contributed by atoms with Crippen LogP contribution >= 0.6 is 11.8 Å². The van der Waals surface area contributed by atoms with Crippen LogP contribution < -0.4 is 5.32 Å². The first-order valence-corrected chi connectivity index (χ1v) is 5.46. The van der Waals surface area contributed by atoms with Gasteiger partial charge < -0.3 is 5.32 Å². The Labute approximate surface area is 82.0 Å². The van der Waals surface area contributed by atoms with Crippen molar-refractivity contribution in [2.45, 2.75) is 6.42 Å². The maximum Gasteiger partial charge on any atom is 0.239 e. The highest BCUT2D eigenvalue weighted by molar-refractivity contribution is 8.00. The summed E-state index contributed by atoms with van der Waals surface area (Å²) >= 11 is 1.40. The van der Waals surface area contributed by atoms with E-state index >= 15 is 0 Å². The number of hydrogen-bond acceptors (Lipinski definition) is 4. The summed E-state index contributed by atoms with van der Waals surface area (Å²) in [5, 5.41) is 2.98. The maximum atomic E-state index is 11.3. The van der Waals surface area contributed by atoms with E-state index in [1.807, 2.05) is 7.05 Å². The van der Waals surface area contributed by atoms with Crippen molar-refractivity contribution >= 4 is 23.6 Å². The molecule has 74 valence electrons. The second kappa shape index (κ2) is 5.24. The van der Waals surface area contributed by atoms with Gasteiger partial charge in [0.05, 0.1) is 11.5 Å². The highest BCUT2D eigenvalue weighted by atomic mass is 32.2. The van der Waals surface area contributed by atoms with Gasteiger partial charge in [-0.15, -0.1) is 11.8 Å². The Morgan fingerprint density at radius 1 is 1.38 bits per heavy atom. The first-order chi connectivity index (χ1) is 6.25. The summed E-state index contributed by atoms with van der Waals surface area (Å²) in [5.74, 6) is 0.811. The van der Waals surface area contributed by atoms with Gasteiger partial charge in [-0.2, -0.15) is 0 Å². The van der Waals surface area contributed by atoms with Gasteiger partial charge in [0.25, 0.3) is 0 Å². The van der Waals surface area contributed by atoms with E-state index in [0.29, 0.717) is 18.1 Å². The minimum absolute atomic E-state index is 0.0441. The molecule has 1 fully saturated rings. The monoisotopic (exact) mass is 202 g/mol. The standard InChI is InChI=1S/C8H14N2O2S/c1-9-3-2-4-10-7(11)5-13-6-8(10)12/h9H,2-6H2,1H3. The zero-order valence-electron chi connectivity index (χ0n) is 7.71. The van der Waals surface area contributed by atoms with Gasteiger partial charge in [-0.25, -0.2) is 0 Å². The number of nitrogens with zero attached hydrogens (tertiary/aromatic N) is 1. The zero-order valence-corrected chi connectivity index (χ0v) is 8.52. The SMILES string of the molecule is CNCCCN1C(=O)CSCC1=O. The second-order valence-corrected chi connectivity index (χ2v) is 3.87. The van der Waals surface area contributed by atoms with Crippen molar-refractivity contribution in [2.75, 3.05) is 31.6 Å². The summed E-state index contributed by atoms with van der Waals surface area (Å²) in [4.78, 5) is 23.9. The fourth-order valence-electron chi connectivity index (χ4n) is 1.18. The smallest absolute Gasteiger partial charge is 0.239 e. The van der Waals surface area contributed by atoms with Crippen LogP contribution in [-0.4, -0.2) is 48.4 Å². The summed E-state index contributed by atoms with van der Waals surface area (Å²) in [5.41, 5.74) is 0. The van der Waals surface area contributed by atoms with Gasteiger partial charge in [-0.1, -0.05) is 0 Å². The largest absolute Gasteiger partial charge is 0.320 e. The van der Waals surface area contributed by atoms with Crippen LogP contribution in [0.25, 0.3) is 0 Å². The minimum atomic E-state index is -0.0441. The lowest BCUT2D eigenvalue weighted by Crippen LogP contribution is -2.43. The zero-order chi connectivity index (χ0) is 9.68. The fraction of sp³-hybridized carbons (Fsp3) is 0.750. The van der Waals surface area contributed by atoms with Crippen LogP contribution in [0.5, 0.6) is 0 Å². The van der Waals surface area contributed by atoms with Gasteiger partial charge in [0, 0.05) is 6.54 Å². The van der Waals surface area contributed by atoms with Crippen molar-refractivity contribution < 1.29 is 9.59 Å². The molecule has 1 rings (SSSR count). The Morgan fingerprint density at radius 3 is 2.54 bits per heavy atom. The Balaban J connectivity index is 2.35. The van der Waals surface area contributed by atoms with Crippen molar-refractivity contribution in [1.82, 2.24) is 10.2 Å². The van der Waals surface area contributed by atoms with Gasteiger partial charge in [0.1, 0.15) is 0 Å². The summed E-state index contributed by atoms with van der Waals surface area (Å²) in [6.07, 6.45) is 0.832. The normalized spacial score (nSPS) is 18.1. The van der Waals surface area contributed by atoms with Gasteiger partial charge in [-0.05, 0) is 20.0 Å². The maximum absolute atomic E-state index is 11.3. The first kappa shape index (κ1) is 10.5. The van der Waals surface area contributed by atoms with Crippen molar-refractivity contribution in [3.63, 3.8) is 0 Å². The molecule has 2 amide bonds. The van der Waals surface area contributed by atoms with E-state index in [1.165, 1.54) is 16.7 Å². The summed E-state index contributed by atoms with van der Waals surface area (Å²) < 4.78 is 0. The number of rotatable bonds is 4. The molecule has 0 saturated carbocycles. The van der Waals surface area contributed by atoms with Gasteiger partial charge >= 0.3 is 0 Å². The molecule has 1 heterocycles. The van der Waals surface area contributed by atoms with E-state index in [2.05, 4.69) is 5.32 Å². The van der Waals surface area contributed by atoms with E-state index in [4.69, 9.17) is 0 Å². The third-order valence-electron chi connectivity index (χ3n) is 1.86. The van der Waals surface area contributed by atoms with Gasteiger partial charge in [0.2, 0.25) is 11.8 Å². The molecule has 1 saturated heterocycles. The lowest BCUT2D eigenvalue weighted by atomic mass is 10.3. The van der Waals surface area contributed by atoms with Crippen molar-refractivity contribution in [1.29, 1.82) is 0 Å². The molecule has 1 aliphatic heterocycles. The number of carbonyl (C=O) groups excluding carboxylic acids is 2. The second-order valence-electron chi connectivity index (χ2n) is 2.89. The van der Waals surface area contributed by atoms with Crippen molar-refractivity contribution in [3.8, 4) is 0 Å². The van der Waals surface area contributed by atoms with E-state index in [-0.39, 0.29) is 11.8 Å². The van der Waals surface area contributed by atoms with Crippen LogP contribution in [0.1, 0.15) is 6.42 Å². The van der Waals surface area contributed by atoms with Crippen LogP contribution in [0.4, 0.5) is 0 Å². The number of carbonyl (C=O) groups is 2. The third kappa shape index (κ3) is 3.00. The number of imide groups is 1. The first-order valence-electron chi connectivity index (χ1n) is 4.31. The van der Waals surface area contributed by atoms with E-state index < -0.39 is 0 Å². The molecule has 4 nitrogen and oxygen atoms in total. The highest BCUT2D eigenvalue weighted by Crippen LogP contribution is 2.11. The van der Waals surface area contributed by atoms with Gasteiger partial charge in [0.15, 0.2) is 0 Å². The molecule has 0 atom stereocenters. The Morgan fingerprint density at radius 2 is 2.00 bits per heavy atom. The summed E-state index contributed by atoms with van der Waals surface area (Å²) in [6.45, 7) is 1.39. The predicted molar refractivity (Wildman–Crippen MR) is 52.6 cm³/mol. The fourth-order valence-corrected chi connectivity index (χ4v) is 1.95. The molecule has 0 spiro atoms. The van der Waals surface area contributed by atoms with Crippen LogP contribution in [0, 0.1) is 0 Å². The average Bonchev–Trinajstić information content (AvgIpc) is 2.10. The van der Waals surface area contributed by atoms with Crippen molar-refractivity contribution in [2.24, 2.45) is 0 Å². The molecule has 0 aromatic carbocycles. The predicted octanol–water partition coefficient (Wildman–Crippen LogP) is -0.302. The topological polar surface area (TPSA) is 49.4 Å². The van der Waals surface area contributed by atoms with Crippen LogP contribution in [0.3, 0.4) is 0 Å². The molecule has 1 N–H and O–H groups in total. The Bertz CT molecular complexity index is 192. The Kier molecular flexibility index (Phi) is 4.24. The van der Waals surface area contributed by atoms with E-state index in [1.54, 1.807) is 0 Å². The van der Waals surface area contributed by atoms with Gasteiger partial charge in [-0.3, -0.25) is 14.5 Å². The molecule has 13 heavy (non-hydrogen) atoms. The summed E-state index contributed by atoms with van der Waals surface area (Å²) in [7, 11) is 1.86. The molecule has 0 aliphatic carbocycles. The Hall–Kier alpha value is -0.550. The lowest BCUT2D eigenvalue weighted by molar-refractivity contribution is -0.142. The number of amides is 2. The van der Waals surface area contributed by atoms with Crippen molar-refractivity contribution in [3.05, 3.63) is 0 Å². The molecular weight excluding hydrogens is 188 g/mol. The number of nitrogens with one attached hydrogen (secondary N) is 1. The molecular formula is C8H14N2O2S. The summed E-state index contributed by atoms with van der Waals surface area (Å²) in [6, 6.07) is 0. The molecule has 0 aromatic rings. The number of hydrogen-bond donors (Lipinski definition) is 1. The lowest BCUT2D eigenvalue weighted by Gasteiger charge is -2.24.